The molecule has 3 nitrogen and oxygen atoms in total. The number of rotatable bonds is 3. The summed E-state index contributed by atoms with van der Waals surface area (Å²) in [5.74, 6) is -0.354. The minimum absolute atomic E-state index is 0.0958. The molecule has 1 unspecified atom stereocenters. The number of ether oxygens (including phenoxy) is 1. The average molecular weight is 200 g/mol. The summed E-state index contributed by atoms with van der Waals surface area (Å²) in [4.78, 5) is 11.3. The van der Waals surface area contributed by atoms with Gasteiger partial charge < -0.3 is 4.74 Å². The molecule has 0 aliphatic carbocycles. The Morgan fingerprint density at radius 3 is 2.62 bits per heavy atom. The van der Waals surface area contributed by atoms with Gasteiger partial charge in [-0.05, 0) is 12.1 Å². The molecule has 0 aromatic heterocycles. The fourth-order valence-electron chi connectivity index (χ4n) is 0.811. The highest BCUT2D eigenvalue weighted by Crippen LogP contribution is 2.02. The molecular weight excluding hydrogens is 190 g/mol. The predicted molar refractivity (Wildman–Crippen MR) is 50.6 cm³/mol. The van der Waals surface area contributed by atoms with Gasteiger partial charge in [0.1, 0.15) is 0 Å². The third-order valence-corrected chi connectivity index (χ3v) is 1.72. The Morgan fingerprint density at radius 2 is 2.08 bits per heavy atom. The zero-order valence-electron chi connectivity index (χ0n) is 6.94. The average Bonchev–Trinajstić information content (AvgIpc) is 2.19. The topological polar surface area (TPSA) is 52.3 Å². The fraction of sp³-hybridized carbons (Fsp3) is 0.222. The SMILES string of the molecule is NC(CCl)OC(=O)c1ccccc1. The molecule has 4 heteroatoms. The number of benzene rings is 1. The van der Waals surface area contributed by atoms with Gasteiger partial charge in [-0.1, -0.05) is 18.2 Å². The quantitative estimate of drug-likeness (QED) is 0.455. The summed E-state index contributed by atoms with van der Waals surface area (Å²) in [6, 6.07) is 8.64. The Kier molecular flexibility index (Phi) is 3.73. The van der Waals surface area contributed by atoms with E-state index >= 15 is 0 Å². The third kappa shape index (κ3) is 3.05. The van der Waals surface area contributed by atoms with Crippen LogP contribution in [0.2, 0.25) is 0 Å². The van der Waals surface area contributed by atoms with Gasteiger partial charge in [0.25, 0.3) is 0 Å². The summed E-state index contributed by atoms with van der Waals surface area (Å²) >= 11 is 5.38. The lowest BCUT2D eigenvalue weighted by molar-refractivity contribution is 0.0361. The molecule has 0 aliphatic rings. The van der Waals surface area contributed by atoms with Gasteiger partial charge in [-0.15, -0.1) is 11.6 Å². The van der Waals surface area contributed by atoms with Crippen LogP contribution in [0.3, 0.4) is 0 Å². The molecule has 70 valence electrons. The van der Waals surface area contributed by atoms with Crippen LogP contribution >= 0.6 is 11.6 Å². The molecule has 1 aromatic rings. The van der Waals surface area contributed by atoms with Gasteiger partial charge in [0, 0.05) is 0 Å². The van der Waals surface area contributed by atoms with E-state index in [9.17, 15) is 4.79 Å². The minimum Gasteiger partial charge on any atom is -0.442 e. The molecule has 1 atom stereocenters. The Bertz CT molecular complexity index is 276. The van der Waals surface area contributed by atoms with Crippen molar-refractivity contribution in [1.82, 2.24) is 0 Å². The second-order valence-corrected chi connectivity index (χ2v) is 2.77. The smallest absolute Gasteiger partial charge is 0.339 e. The lowest BCUT2D eigenvalue weighted by atomic mass is 10.2. The van der Waals surface area contributed by atoms with Crippen molar-refractivity contribution in [3.63, 3.8) is 0 Å². The van der Waals surface area contributed by atoms with Crippen molar-refractivity contribution in [1.29, 1.82) is 0 Å². The molecule has 0 heterocycles. The summed E-state index contributed by atoms with van der Waals surface area (Å²) in [6.45, 7) is 0. The highest BCUT2D eigenvalue weighted by Gasteiger charge is 2.09. The van der Waals surface area contributed by atoms with Crippen LogP contribution in [0.1, 0.15) is 10.4 Å². The van der Waals surface area contributed by atoms with E-state index < -0.39 is 12.2 Å². The molecule has 0 aliphatic heterocycles. The van der Waals surface area contributed by atoms with E-state index in [0.29, 0.717) is 5.56 Å². The normalized spacial score (nSPS) is 12.2. The van der Waals surface area contributed by atoms with Gasteiger partial charge in [-0.25, -0.2) is 4.79 Å². The highest BCUT2D eigenvalue weighted by molar-refractivity contribution is 6.18. The van der Waals surface area contributed by atoms with Crippen LogP contribution in [-0.4, -0.2) is 18.1 Å². The van der Waals surface area contributed by atoms with Gasteiger partial charge in [0.05, 0.1) is 11.4 Å². The number of halogens is 1. The zero-order chi connectivity index (χ0) is 9.68. The van der Waals surface area contributed by atoms with E-state index in [2.05, 4.69) is 0 Å². The number of nitrogens with two attached hydrogens (primary N) is 1. The van der Waals surface area contributed by atoms with Crippen molar-refractivity contribution >= 4 is 17.6 Å². The van der Waals surface area contributed by atoms with E-state index in [1.165, 1.54) is 0 Å². The number of hydrogen-bond acceptors (Lipinski definition) is 3. The predicted octanol–water partition coefficient (Wildman–Crippen LogP) is 1.37. The molecular formula is C9H10ClNO2. The monoisotopic (exact) mass is 199 g/mol. The second kappa shape index (κ2) is 4.84. The van der Waals surface area contributed by atoms with Gasteiger partial charge >= 0.3 is 5.97 Å². The molecule has 0 spiro atoms. The second-order valence-electron chi connectivity index (χ2n) is 2.46. The van der Waals surface area contributed by atoms with Gasteiger partial charge in [-0.2, -0.15) is 0 Å². The molecule has 1 rings (SSSR count). The van der Waals surface area contributed by atoms with E-state index in [-0.39, 0.29) is 5.88 Å². The van der Waals surface area contributed by atoms with Gasteiger partial charge in [-0.3, -0.25) is 5.73 Å². The maximum atomic E-state index is 11.3. The minimum atomic E-state index is -0.741. The number of hydrogen-bond donors (Lipinski definition) is 1. The molecule has 0 amide bonds. The van der Waals surface area contributed by atoms with E-state index in [1.807, 2.05) is 6.07 Å². The summed E-state index contributed by atoms with van der Waals surface area (Å²) in [7, 11) is 0. The molecule has 2 N–H and O–H groups in total. The molecule has 1 aromatic carbocycles. The number of carbonyl (C=O) groups is 1. The van der Waals surface area contributed by atoms with Crippen LogP contribution in [0.15, 0.2) is 30.3 Å². The molecule has 0 saturated carbocycles. The fourth-order valence-corrected chi connectivity index (χ4v) is 0.874. The number of alkyl halides is 1. The van der Waals surface area contributed by atoms with Crippen LogP contribution in [0, 0.1) is 0 Å². The van der Waals surface area contributed by atoms with Crippen molar-refractivity contribution < 1.29 is 9.53 Å². The molecule has 0 bridgehead atoms. The maximum Gasteiger partial charge on any atom is 0.339 e. The third-order valence-electron chi connectivity index (χ3n) is 1.42. The first-order valence-electron chi connectivity index (χ1n) is 3.81. The first-order valence-corrected chi connectivity index (χ1v) is 4.35. The maximum absolute atomic E-state index is 11.3. The lowest BCUT2D eigenvalue weighted by Gasteiger charge is -2.09. The van der Waals surface area contributed by atoms with E-state index in [0.717, 1.165) is 0 Å². The largest absolute Gasteiger partial charge is 0.442 e. The zero-order valence-corrected chi connectivity index (χ0v) is 7.70. The van der Waals surface area contributed by atoms with Crippen LogP contribution < -0.4 is 5.73 Å². The molecule has 0 saturated heterocycles. The van der Waals surface area contributed by atoms with Crippen LogP contribution in [0.4, 0.5) is 0 Å². The van der Waals surface area contributed by atoms with Crippen molar-refractivity contribution in [2.75, 3.05) is 5.88 Å². The Morgan fingerprint density at radius 1 is 1.46 bits per heavy atom. The van der Waals surface area contributed by atoms with Crippen LogP contribution in [0.25, 0.3) is 0 Å². The standard InChI is InChI=1S/C9H10ClNO2/c10-6-8(11)13-9(12)7-4-2-1-3-5-7/h1-5,8H,6,11H2. The Hall–Kier alpha value is -1.06. The van der Waals surface area contributed by atoms with E-state index in [4.69, 9.17) is 22.1 Å². The summed E-state index contributed by atoms with van der Waals surface area (Å²) < 4.78 is 4.79. The molecule has 0 fully saturated rings. The molecule has 0 radical (unpaired) electrons. The first-order chi connectivity index (χ1) is 6.24. The first kappa shape index (κ1) is 10.0. The Balaban J connectivity index is 2.59. The van der Waals surface area contributed by atoms with Gasteiger partial charge in [0.2, 0.25) is 0 Å². The summed E-state index contributed by atoms with van der Waals surface area (Å²) in [5, 5.41) is 0. The number of esters is 1. The van der Waals surface area contributed by atoms with E-state index in [1.54, 1.807) is 24.3 Å². The lowest BCUT2D eigenvalue weighted by Crippen LogP contribution is -2.28. The van der Waals surface area contributed by atoms with Crippen molar-refractivity contribution in [3.8, 4) is 0 Å². The van der Waals surface area contributed by atoms with Gasteiger partial charge in [0.15, 0.2) is 6.23 Å². The van der Waals surface area contributed by atoms with Crippen LogP contribution in [0.5, 0.6) is 0 Å². The number of carbonyl (C=O) groups excluding carboxylic acids is 1. The highest BCUT2D eigenvalue weighted by atomic mass is 35.5. The van der Waals surface area contributed by atoms with Crippen molar-refractivity contribution in [2.45, 2.75) is 6.23 Å². The summed E-state index contributed by atoms with van der Waals surface area (Å²) in [6.07, 6.45) is -0.741. The molecule has 13 heavy (non-hydrogen) atoms. The van der Waals surface area contributed by atoms with Crippen molar-refractivity contribution in [2.24, 2.45) is 5.73 Å². The summed E-state index contributed by atoms with van der Waals surface area (Å²) in [5.41, 5.74) is 5.81. The van der Waals surface area contributed by atoms with Crippen molar-refractivity contribution in [3.05, 3.63) is 35.9 Å². The van der Waals surface area contributed by atoms with Crippen LogP contribution in [-0.2, 0) is 4.74 Å². The Labute approximate surface area is 81.4 Å².